The number of halogens is 2. The summed E-state index contributed by atoms with van der Waals surface area (Å²) in [5.41, 5.74) is 0. The van der Waals surface area contributed by atoms with Crippen molar-refractivity contribution in [1.82, 2.24) is 10.6 Å². The highest BCUT2D eigenvalue weighted by Crippen LogP contribution is 2.26. The zero-order valence-electron chi connectivity index (χ0n) is 13.3. The van der Waals surface area contributed by atoms with Gasteiger partial charge in [0.2, 0.25) is 0 Å². The Morgan fingerprint density at radius 2 is 2.17 bits per heavy atom. The molecule has 2 unspecified atom stereocenters. The average Bonchev–Trinajstić information content (AvgIpc) is 2.95. The number of thiophene rings is 1. The van der Waals surface area contributed by atoms with Crippen molar-refractivity contribution in [1.29, 1.82) is 0 Å². The number of aliphatic hydroxyl groups is 1. The number of aliphatic imine (C=N–C) groups is 1. The van der Waals surface area contributed by atoms with Crippen LogP contribution >= 0.6 is 46.9 Å². The van der Waals surface area contributed by atoms with Crippen molar-refractivity contribution >= 4 is 58.8 Å². The topological polar surface area (TPSA) is 83.0 Å². The van der Waals surface area contributed by atoms with E-state index in [0.29, 0.717) is 29.9 Å². The molecule has 9 heteroatoms. The minimum atomic E-state index is -0.667. The summed E-state index contributed by atoms with van der Waals surface area (Å²) in [5.74, 6) is -0.0747. The van der Waals surface area contributed by atoms with Crippen LogP contribution in [0, 0.1) is 5.92 Å². The smallest absolute Gasteiger partial charge is 0.310 e. The van der Waals surface area contributed by atoms with Crippen LogP contribution in [0.2, 0.25) is 4.34 Å². The molecular weight excluding hydrogens is 453 g/mol. The van der Waals surface area contributed by atoms with Crippen molar-refractivity contribution in [2.45, 2.75) is 20.0 Å². The SMILES string of the molecule is CCNC(=NCC(C)C(=O)OC)NCC(O)c1ccc(Cl)s1.I. The number of nitrogens with zero attached hydrogens (tertiary/aromatic N) is 1. The maximum atomic E-state index is 11.4. The molecule has 0 spiro atoms. The number of hydrogen-bond acceptors (Lipinski definition) is 5. The molecule has 0 amide bonds. The molecule has 1 heterocycles. The highest BCUT2D eigenvalue weighted by Gasteiger charge is 2.14. The van der Waals surface area contributed by atoms with E-state index in [9.17, 15) is 9.90 Å². The average molecular weight is 476 g/mol. The van der Waals surface area contributed by atoms with Gasteiger partial charge in [-0.15, -0.1) is 35.3 Å². The van der Waals surface area contributed by atoms with Crippen molar-refractivity contribution in [3.63, 3.8) is 0 Å². The molecule has 2 atom stereocenters. The summed E-state index contributed by atoms with van der Waals surface area (Å²) in [6.07, 6.45) is -0.667. The van der Waals surface area contributed by atoms with Gasteiger partial charge in [-0.25, -0.2) is 0 Å². The van der Waals surface area contributed by atoms with Crippen LogP contribution in [0.4, 0.5) is 0 Å². The van der Waals surface area contributed by atoms with E-state index in [0.717, 1.165) is 4.88 Å². The van der Waals surface area contributed by atoms with Crippen LogP contribution in [0.1, 0.15) is 24.8 Å². The molecule has 0 aliphatic carbocycles. The van der Waals surface area contributed by atoms with Gasteiger partial charge in [-0.3, -0.25) is 9.79 Å². The number of carbonyl (C=O) groups excluding carboxylic acids is 1. The fraction of sp³-hybridized carbons (Fsp3) is 0.571. The molecule has 0 fully saturated rings. The van der Waals surface area contributed by atoms with Gasteiger partial charge in [-0.2, -0.15) is 0 Å². The molecule has 0 saturated heterocycles. The largest absolute Gasteiger partial charge is 0.469 e. The van der Waals surface area contributed by atoms with Crippen LogP contribution in [0.15, 0.2) is 17.1 Å². The zero-order valence-corrected chi connectivity index (χ0v) is 17.2. The Morgan fingerprint density at radius 1 is 1.48 bits per heavy atom. The van der Waals surface area contributed by atoms with Gasteiger partial charge in [0.25, 0.3) is 0 Å². The van der Waals surface area contributed by atoms with E-state index in [1.165, 1.54) is 18.4 Å². The number of nitrogens with one attached hydrogen (secondary N) is 2. The van der Waals surface area contributed by atoms with Gasteiger partial charge in [0.05, 0.1) is 23.9 Å². The van der Waals surface area contributed by atoms with Crippen LogP contribution in [-0.4, -0.2) is 43.8 Å². The monoisotopic (exact) mass is 475 g/mol. The third-order valence-electron chi connectivity index (χ3n) is 2.86. The Labute approximate surface area is 162 Å². The Bertz CT molecular complexity index is 513. The second-order valence-corrected chi connectivity index (χ2v) is 6.43. The summed E-state index contributed by atoms with van der Waals surface area (Å²) in [4.78, 5) is 16.5. The van der Waals surface area contributed by atoms with E-state index in [1.54, 1.807) is 19.1 Å². The Balaban J connectivity index is 0.00000484. The number of ether oxygens (including phenoxy) is 1. The third kappa shape index (κ3) is 8.18. The second kappa shape index (κ2) is 11.9. The number of rotatable bonds is 7. The summed E-state index contributed by atoms with van der Waals surface area (Å²) < 4.78 is 5.30. The standard InChI is InChI=1S/C14H22ClN3O3S.HI/c1-4-16-14(17-7-9(2)13(20)21-3)18-8-10(19)11-5-6-12(15)22-11;/h5-6,9-10,19H,4,7-8H2,1-3H3,(H2,16,17,18);1H. The Morgan fingerprint density at radius 3 is 2.70 bits per heavy atom. The van der Waals surface area contributed by atoms with E-state index in [-0.39, 0.29) is 35.9 Å². The van der Waals surface area contributed by atoms with E-state index in [4.69, 9.17) is 11.6 Å². The molecule has 0 aliphatic heterocycles. The molecule has 1 rings (SSSR count). The van der Waals surface area contributed by atoms with Crippen LogP contribution in [0.5, 0.6) is 0 Å². The first kappa shape index (κ1) is 22.4. The fourth-order valence-electron chi connectivity index (χ4n) is 1.65. The van der Waals surface area contributed by atoms with Crippen LogP contribution in [-0.2, 0) is 9.53 Å². The maximum Gasteiger partial charge on any atom is 0.310 e. The van der Waals surface area contributed by atoms with Gasteiger partial charge in [0.1, 0.15) is 6.10 Å². The second-order valence-electron chi connectivity index (χ2n) is 4.68. The van der Waals surface area contributed by atoms with Gasteiger partial charge in [-0.1, -0.05) is 18.5 Å². The van der Waals surface area contributed by atoms with Crippen molar-refractivity contribution in [2.75, 3.05) is 26.7 Å². The van der Waals surface area contributed by atoms with Crippen molar-refractivity contribution in [2.24, 2.45) is 10.9 Å². The molecule has 23 heavy (non-hydrogen) atoms. The molecule has 0 bridgehead atoms. The van der Waals surface area contributed by atoms with E-state index >= 15 is 0 Å². The van der Waals surface area contributed by atoms with Crippen LogP contribution in [0.3, 0.4) is 0 Å². The molecule has 1 aromatic heterocycles. The molecule has 1 aromatic rings. The first-order valence-corrected chi connectivity index (χ1v) is 8.20. The predicted molar refractivity (Wildman–Crippen MR) is 105 cm³/mol. The highest BCUT2D eigenvalue weighted by molar-refractivity contribution is 14.0. The number of guanidine groups is 1. The van der Waals surface area contributed by atoms with Gasteiger partial charge in [0, 0.05) is 18.0 Å². The first-order valence-electron chi connectivity index (χ1n) is 7.01. The minimum Gasteiger partial charge on any atom is -0.469 e. The molecule has 0 aliphatic rings. The van der Waals surface area contributed by atoms with Gasteiger partial charge >= 0.3 is 5.97 Å². The summed E-state index contributed by atoms with van der Waals surface area (Å²) in [6.45, 7) is 4.98. The quantitative estimate of drug-likeness (QED) is 0.244. The Kier molecular flexibility index (Phi) is 11.6. The maximum absolute atomic E-state index is 11.4. The molecular formula is C14H23ClIN3O3S. The first-order chi connectivity index (χ1) is 10.5. The van der Waals surface area contributed by atoms with Gasteiger partial charge in [0.15, 0.2) is 5.96 Å². The van der Waals surface area contributed by atoms with Crippen LogP contribution < -0.4 is 10.6 Å². The lowest BCUT2D eigenvalue weighted by molar-refractivity contribution is -0.144. The molecule has 132 valence electrons. The summed E-state index contributed by atoms with van der Waals surface area (Å²) in [7, 11) is 1.36. The number of hydrogen-bond donors (Lipinski definition) is 3. The van der Waals surface area contributed by atoms with Crippen molar-refractivity contribution in [3.05, 3.63) is 21.3 Å². The van der Waals surface area contributed by atoms with Crippen LogP contribution in [0.25, 0.3) is 0 Å². The molecule has 0 radical (unpaired) electrons. The Hall–Kier alpha value is -0.580. The van der Waals surface area contributed by atoms with Gasteiger partial charge in [-0.05, 0) is 19.1 Å². The number of esters is 1. The number of methoxy groups -OCH3 is 1. The summed E-state index contributed by atoms with van der Waals surface area (Å²) in [5, 5.41) is 16.2. The fourth-order valence-corrected chi connectivity index (χ4v) is 2.69. The molecule has 3 N–H and O–H groups in total. The predicted octanol–water partition coefficient (Wildman–Crippen LogP) is 2.42. The third-order valence-corrected chi connectivity index (χ3v) is 4.19. The van der Waals surface area contributed by atoms with Crippen molar-refractivity contribution < 1.29 is 14.6 Å². The molecule has 6 nitrogen and oxygen atoms in total. The lowest BCUT2D eigenvalue weighted by Gasteiger charge is -2.15. The number of carbonyl (C=O) groups is 1. The normalized spacial score (nSPS) is 13.7. The molecule has 0 aromatic carbocycles. The van der Waals surface area contributed by atoms with Crippen molar-refractivity contribution in [3.8, 4) is 0 Å². The summed E-state index contributed by atoms with van der Waals surface area (Å²) in [6, 6.07) is 3.55. The van der Waals surface area contributed by atoms with E-state index < -0.39 is 6.10 Å². The lowest BCUT2D eigenvalue weighted by Crippen LogP contribution is -2.39. The number of aliphatic hydroxyl groups excluding tert-OH is 1. The van der Waals surface area contributed by atoms with E-state index in [2.05, 4.69) is 20.4 Å². The zero-order chi connectivity index (χ0) is 16.5. The summed E-state index contributed by atoms with van der Waals surface area (Å²) >= 11 is 7.19. The minimum absolute atomic E-state index is 0. The lowest BCUT2D eigenvalue weighted by atomic mass is 10.2. The highest BCUT2D eigenvalue weighted by atomic mass is 127. The van der Waals surface area contributed by atoms with E-state index in [1.807, 2.05) is 6.92 Å². The van der Waals surface area contributed by atoms with Gasteiger partial charge < -0.3 is 20.5 Å². The molecule has 0 saturated carbocycles.